The summed E-state index contributed by atoms with van der Waals surface area (Å²) in [5, 5.41) is 9.16. The second kappa shape index (κ2) is 6.55. The van der Waals surface area contributed by atoms with Crippen molar-refractivity contribution >= 4 is 11.8 Å². The molecule has 4 nitrogen and oxygen atoms in total. The topological polar surface area (TPSA) is 63.6 Å². The molecular weight excluding hydrogens is 320 g/mol. The smallest absolute Gasteiger partial charge is 0.481 e. The summed E-state index contributed by atoms with van der Waals surface area (Å²) in [4.78, 5) is 23.6. The normalized spacial score (nSPS) is 21.7. The molecule has 1 aromatic rings. The van der Waals surface area contributed by atoms with Gasteiger partial charge >= 0.3 is 12.3 Å². The standard InChI is InChI=1S/C15H14F4O4/c16-11-7-8(5-6-12(11)23-15(17,18)19)13(20)9-3-1-2-4-10(9)14(21)22/h5-7,9-10H,1-4H2,(H,21,22). The van der Waals surface area contributed by atoms with Gasteiger partial charge in [-0.15, -0.1) is 13.2 Å². The molecule has 0 aliphatic heterocycles. The number of halogens is 4. The van der Waals surface area contributed by atoms with Gasteiger partial charge in [-0.25, -0.2) is 4.39 Å². The van der Waals surface area contributed by atoms with E-state index in [0.717, 1.165) is 6.07 Å². The van der Waals surface area contributed by atoms with Crippen LogP contribution in [-0.4, -0.2) is 23.2 Å². The molecule has 1 aliphatic carbocycles. The van der Waals surface area contributed by atoms with Crippen LogP contribution in [0.25, 0.3) is 0 Å². The SMILES string of the molecule is O=C(O)C1CCCCC1C(=O)c1ccc(OC(F)(F)F)c(F)c1. The van der Waals surface area contributed by atoms with Gasteiger partial charge in [0.25, 0.3) is 0 Å². The molecule has 23 heavy (non-hydrogen) atoms. The van der Waals surface area contributed by atoms with Crippen molar-refractivity contribution in [3.63, 3.8) is 0 Å². The van der Waals surface area contributed by atoms with E-state index in [9.17, 15) is 27.2 Å². The van der Waals surface area contributed by atoms with Gasteiger partial charge in [-0.2, -0.15) is 0 Å². The van der Waals surface area contributed by atoms with Gasteiger partial charge in [-0.3, -0.25) is 9.59 Å². The third-order valence-electron chi connectivity index (χ3n) is 3.86. The lowest BCUT2D eigenvalue weighted by molar-refractivity contribution is -0.275. The fourth-order valence-electron chi connectivity index (χ4n) is 2.82. The minimum atomic E-state index is -5.04. The van der Waals surface area contributed by atoms with E-state index in [0.29, 0.717) is 37.8 Å². The fraction of sp³-hybridized carbons (Fsp3) is 0.467. The minimum Gasteiger partial charge on any atom is -0.481 e. The molecule has 126 valence electrons. The molecule has 2 rings (SSSR count). The van der Waals surface area contributed by atoms with Crippen LogP contribution in [0.3, 0.4) is 0 Å². The van der Waals surface area contributed by atoms with Crippen LogP contribution >= 0.6 is 0 Å². The third-order valence-corrected chi connectivity index (χ3v) is 3.86. The lowest BCUT2D eigenvalue weighted by Gasteiger charge is -2.27. The maximum atomic E-state index is 13.7. The Morgan fingerprint density at radius 2 is 1.74 bits per heavy atom. The number of hydrogen-bond donors (Lipinski definition) is 1. The van der Waals surface area contributed by atoms with Gasteiger partial charge in [0.1, 0.15) is 0 Å². The molecule has 0 radical (unpaired) electrons. The van der Waals surface area contributed by atoms with E-state index in [1.165, 1.54) is 0 Å². The molecule has 1 saturated carbocycles. The summed E-state index contributed by atoms with van der Waals surface area (Å²) < 4.78 is 53.4. The Balaban J connectivity index is 2.22. The van der Waals surface area contributed by atoms with Crippen LogP contribution < -0.4 is 4.74 Å². The van der Waals surface area contributed by atoms with Crippen molar-refractivity contribution in [1.82, 2.24) is 0 Å². The Hall–Kier alpha value is -2.12. The Bertz CT molecular complexity index is 612. The summed E-state index contributed by atoms with van der Waals surface area (Å²) in [5.41, 5.74) is -0.157. The number of carbonyl (C=O) groups excluding carboxylic acids is 1. The maximum absolute atomic E-state index is 13.7. The molecule has 1 fully saturated rings. The van der Waals surface area contributed by atoms with Crippen molar-refractivity contribution in [3.8, 4) is 5.75 Å². The molecule has 1 aliphatic rings. The van der Waals surface area contributed by atoms with Crippen LogP contribution in [-0.2, 0) is 4.79 Å². The average Bonchev–Trinajstić information content (AvgIpc) is 2.47. The number of rotatable bonds is 4. The van der Waals surface area contributed by atoms with Crippen molar-refractivity contribution in [1.29, 1.82) is 0 Å². The number of aliphatic carboxylic acids is 1. The number of carboxylic acids is 1. The van der Waals surface area contributed by atoms with Crippen LogP contribution in [0.4, 0.5) is 17.6 Å². The molecule has 0 aromatic heterocycles. The number of carbonyl (C=O) groups is 2. The first-order valence-electron chi connectivity index (χ1n) is 7.01. The highest BCUT2D eigenvalue weighted by Crippen LogP contribution is 2.34. The molecule has 0 bridgehead atoms. The first kappa shape index (κ1) is 17.2. The second-order valence-corrected chi connectivity index (χ2v) is 5.39. The average molecular weight is 334 g/mol. The maximum Gasteiger partial charge on any atom is 0.573 e. The lowest BCUT2D eigenvalue weighted by Crippen LogP contribution is -2.32. The third kappa shape index (κ3) is 4.20. The number of hydrogen-bond acceptors (Lipinski definition) is 3. The molecule has 0 saturated heterocycles. The minimum absolute atomic E-state index is 0.157. The zero-order chi connectivity index (χ0) is 17.2. The number of benzene rings is 1. The number of carboxylic acid groups (broad SMARTS) is 1. The highest BCUT2D eigenvalue weighted by Gasteiger charge is 2.37. The van der Waals surface area contributed by atoms with E-state index in [2.05, 4.69) is 4.74 Å². The molecule has 2 atom stereocenters. The first-order chi connectivity index (χ1) is 10.7. The Kier molecular flexibility index (Phi) is 4.91. The monoisotopic (exact) mass is 334 g/mol. The van der Waals surface area contributed by atoms with Crippen LogP contribution in [0.2, 0.25) is 0 Å². The molecule has 0 spiro atoms. The molecule has 2 unspecified atom stereocenters. The van der Waals surface area contributed by atoms with Crippen molar-refractivity contribution in [2.24, 2.45) is 11.8 Å². The van der Waals surface area contributed by atoms with Gasteiger partial charge in [0.2, 0.25) is 0 Å². The predicted octanol–water partition coefficient (Wildman–Crippen LogP) is 3.80. The summed E-state index contributed by atoms with van der Waals surface area (Å²) in [6.07, 6.45) is -2.96. The van der Waals surface area contributed by atoms with Crippen molar-refractivity contribution in [2.75, 3.05) is 0 Å². The molecule has 1 N–H and O–H groups in total. The number of alkyl halides is 3. The van der Waals surface area contributed by atoms with Crippen LogP contribution in [0, 0.1) is 17.7 Å². The quantitative estimate of drug-likeness (QED) is 0.672. The highest BCUT2D eigenvalue weighted by molar-refractivity contribution is 6.00. The van der Waals surface area contributed by atoms with Gasteiger partial charge in [0.05, 0.1) is 5.92 Å². The Morgan fingerprint density at radius 3 is 2.26 bits per heavy atom. The predicted molar refractivity (Wildman–Crippen MR) is 70.5 cm³/mol. The van der Waals surface area contributed by atoms with Gasteiger partial charge in [-0.1, -0.05) is 12.8 Å². The molecular formula is C15H14F4O4. The summed E-state index contributed by atoms with van der Waals surface area (Å²) in [7, 11) is 0. The molecule has 8 heteroatoms. The molecule has 1 aromatic carbocycles. The Morgan fingerprint density at radius 1 is 1.13 bits per heavy atom. The van der Waals surface area contributed by atoms with E-state index in [1.807, 2.05) is 0 Å². The van der Waals surface area contributed by atoms with Gasteiger partial charge in [0, 0.05) is 11.5 Å². The summed E-state index contributed by atoms with van der Waals surface area (Å²) in [6, 6.07) is 2.38. The Labute approximate surface area is 129 Å². The first-order valence-corrected chi connectivity index (χ1v) is 7.01. The fourth-order valence-corrected chi connectivity index (χ4v) is 2.82. The van der Waals surface area contributed by atoms with Crippen LogP contribution in [0.15, 0.2) is 18.2 Å². The number of Topliss-reactive ketones (excluding diaryl/α,β-unsaturated/α-hetero) is 1. The lowest BCUT2D eigenvalue weighted by atomic mass is 9.75. The second-order valence-electron chi connectivity index (χ2n) is 5.39. The van der Waals surface area contributed by atoms with Gasteiger partial charge in [0.15, 0.2) is 17.3 Å². The summed E-state index contributed by atoms with van der Waals surface area (Å²) in [6.45, 7) is 0. The van der Waals surface area contributed by atoms with Gasteiger partial charge in [-0.05, 0) is 31.0 Å². The van der Waals surface area contributed by atoms with Crippen molar-refractivity contribution < 1.29 is 37.0 Å². The molecule has 0 heterocycles. The largest absolute Gasteiger partial charge is 0.573 e. The molecule has 0 amide bonds. The van der Waals surface area contributed by atoms with Crippen LogP contribution in [0.5, 0.6) is 5.75 Å². The van der Waals surface area contributed by atoms with E-state index >= 15 is 0 Å². The summed E-state index contributed by atoms with van der Waals surface area (Å²) >= 11 is 0. The van der Waals surface area contributed by atoms with E-state index in [4.69, 9.17) is 5.11 Å². The van der Waals surface area contributed by atoms with Crippen LogP contribution in [0.1, 0.15) is 36.0 Å². The summed E-state index contributed by atoms with van der Waals surface area (Å²) in [5.74, 6) is -5.68. The van der Waals surface area contributed by atoms with E-state index < -0.39 is 41.5 Å². The van der Waals surface area contributed by atoms with Gasteiger partial charge < -0.3 is 9.84 Å². The number of ketones is 1. The highest BCUT2D eigenvalue weighted by atomic mass is 19.4. The zero-order valence-corrected chi connectivity index (χ0v) is 11.9. The zero-order valence-electron chi connectivity index (χ0n) is 11.9. The van der Waals surface area contributed by atoms with E-state index in [-0.39, 0.29) is 5.56 Å². The van der Waals surface area contributed by atoms with Crippen molar-refractivity contribution in [3.05, 3.63) is 29.6 Å². The van der Waals surface area contributed by atoms with Crippen molar-refractivity contribution in [2.45, 2.75) is 32.0 Å². The number of ether oxygens (including phenoxy) is 1. The van der Waals surface area contributed by atoms with E-state index in [1.54, 1.807) is 0 Å².